The van der Waals surface area contributed by atoms with E-state index >= 15 is 0 Å². The number of thioether (sulfide) groups is 1. The van der Waals surface area contributed by atoms with Gasteiger partial charge in [-0.1, -0.05) is 30.0 Å². The highest BCUT2D eigenvalue weighted by atomic mass is 32.2. The van der Waals surface area contributed by atoms with Crippen LogP contribution in [0.1, 0.15) is 0 Å². The van der Waals surface area contributed by atoms with E-state index in [-0.39, 0.29) is 6.61 Å². The Balaban J connectivity index is 2.12. The summed E-state index contributed by atoms with van der Waals surface area (Å²) >= 11 is 1.52. The molecular weight excluding hydrogens is 234 g/mol. The normalized spacial score (nSPS) is 9.71. The molecule has 17 heavy (non-hydrogen) atoms. The summed E-state index contributed by atoms with van der Waals surface area (Å²) in [4.78, 5) is 4.23. The molecule has 0 aliphatic heterocycles. The maximum atomic E-state index is 8.55. The fourth-order valence-electron chi connectivity index (χ4n) is 1.33. The van der Waals surface area contributed by atoms with Crippen molar-refractivity contribution in [3.05, 3.63) is 36.7 Å². The zero-order chi connectivity index (χ0) is 11.9. The number of nitrogens with one attached hydrogen (secondary N) is 1. The predicted octanol–water partition coefficient (Wildman–Crippen LogP) is 0.774. The smallest absolute Gasteiger partial charge is 0.384 e. The van der Waals surface area contributed by atoms with Gasteiger partial charge in [-0.2, -0.15) is 5.10 Å². The Bertz CT molecular complexity index is 527. The quantitative estimate of drug-likeness (QED) is 0.478. The van der Waals surface area contributed by atoms with Crippen LogP contribution in [0, 0.1) is 11.8 Å². The first-order valence-corrected chi connectivity index (χ1v) is 6.10. The minimum absolute atomic E-state index is 0.0974. The number of hydrogen-bond acceptors (Lipinski definition) is 3. The minimum Gasteiger partial charge on any atom is -0.384 e. The number of aromatic nitrogens is 3. The first-order chi connectivity index (χ1) is 8.42. The summed E-state index contributed by atoms with van der Waals surface area (Å²) in [5.74, 6) is 6.06. The lowest BCUT2D eigenvalue weighted by Gasteiger charge is -1.95. The van der Waals surface area contributed by atoms with Gasteiger partial charge in [-0.3, -0.25) is 0 Å². The van der Waals surface area contributed by atoms with Crippen molar-refractivity contribution >= 4 is 11.8 Å². The summed E-state index contributed by atoms with van der Waals surface area (Å²) in [6.07, 6.45) is 1.65. The Morgan fingerprint density at radius 2 is 2.12 bits per heavy atom. The lowest BCUT2D eigenvalue weighted by molar-refractivity contribution is -0.694. The summed E-state index contributed by atoms with van der Waals surface area (Å²) in [5.41, 5.74) is 1.03. The van der Waals surface area contributed by atoms with Crippen molar-refractivity contribution in [3.8, 4) is 17.5 Å². The number of hydrogen-bond donors (Lipinski definition) is 2. The molecule has 0 saturated heterocycles. The molecule has 0 saturated carbocycles. The van der Waals surface area contributed by atoms with Gasteiger partial charge in [0.05, 0.1) is 5.75 Å². The van der Waals surface area contributed by atoms with Gasteiger partial charge >= 0.3 is 5.16 Å². The van der Waals surface area contributed by atoms with Crippen LogP contribution in [0.2, 0.25) is 0 Å². The van der Waals surface area contributed by atoms with Gasteiger partial charge in [0.1, 0.15) is 6.61 Å². The Labute approximate surface area is 104 Å². The monoisotopic (exact) mass is 246 g/mol. The maximum absolute atomic E-state index is 8.55. The van der Waals surface area contributed by atoms with Crippen molar-refractivity contribution in [1.82, 2.24) is 10.1 Å². The lowest BCUT2D eigenvalue weighted by atomic mass is 10.3. The van der Waals surface area contributed by atoms with Gasteiger partial charge < -0.3 is 5.11 Å². The number of aliphatic hydroxyl groups is 1. The number of H-pyrrole nitrogens is 1. The van der Waals surface area contributed by atoms with Crippen LogP contribution in [-0.4, -0.2) is 27.5 Å². The Kier molecular flexibility index (Phi) is 4.19. The number of para-hydroxylation sites is 1. The largest absolute Gasteiger partial charge is 0.386 e. The standard InChI is InChI=1S/C12H11N3OS/c16-8-4-5-9-17-12-13-10-14-15(12)11-6-2-1-3-7-11/h1-3,6-7,10,16H,8-9H2/p+1. The SMILES string of the molecule is OCC#CCSc1nc[nH][n+]1-c1ccccc1. The van der Waals surface area contributed by atoms with Crippen molar-refractivity contribution in [3.63, 3.8) is 0 Å². The van der Waals surface area contributed by atoms with Crippen molar-refractivity contribution in [2.75, 3.05) is 12.4 Å². The van der Waals surface area contributed by atoms with E-state index in [0.717, 1.165) is 10.8 Å². The van der Waals surface area contributed by atoms with Crippen molar-refractivity contribution in [2.24, 2.45) is 0 Å². The molecule has 4 nitrogen and oxygen atoms in total. The average molecular weight is 246 g/mol. The number of nitrogens with zero attached hydrogens (tertiary/aromatic N) is 2. The zero-order valence-electron chi connectivity index (χ0n) is 9.13. The van der Waals surface area contributed by atoms with E-state index in [1.54, 1.807) is 6.33 Å². The van der Waals surface area contributed by atoms with Gasteiger partial charge in [0.15, 0.2) is 5.69 Å². The van der Waals surface area contributed by atoms with Crippen LogP contribution in [0.15, 0.2) is 41.8 Å². The number of aromatic amines is 1. The third-order valence-electron chi connectivity index (χ3n) is 2.04. The topological polar surface area (TPSA) is 52.8 Å². The Hall–Kier alpha value is -1.77. The summed E-state index contributed by atoms with van der Waals surface area (Å²) in [7, 11) is 0. The molecule has 0 radical (unpaired) electrons. The van der Waals surface area contributed by atoms with Crippen LogP contribution in [-0.2, 0) is 0 Å². The van der Waals surface area contributed by atoms with Crippen molar-refractivity contribution < 1.29 is 9.79 Å². The second-order valence-corrected chi connectivity index (χ2v) is 4.08. The summed E-state index contributed by atoms with van der Waals surface area (Å²) < 4.78 is 1.89. The third kappa shape index (κ3) is 3.09. The van der Waals surface area contributed by atoms with E-state index in [0.29, 0.717) is 5.75 Å². The summed E-state index contributed by atoms with van der Waals surface area (Å²) in [6, 6.07) is 9.93. The molecule has 0 bridgehead atoms. The minimum atomic E-state index is -0.0974. The molecule has 2 rings (SSSR count). The highest BCUT2D eigenvalue weighted by molar-refractivity contribution is 7.99. The molecule has 2 aromatic rings. The highest BCUT2D eigenvalue weighted by Crippen LogP contribution is 2.10. The van der Waals surface area contributed by atoms with Gasteiger partial charge in [-0.25, -0.2) is 0 Å². The molecule has 0 atom stereocenters. The summed E-state index contributed by atoms with van der Waals surface area (Å²) in [5, 5.41) is 12.4. The first kappa shape index (κ1) is 11.7. The molecule has 86 valence electrons. The zero-order valence-corrected chi connectivity index (χ0v) is 9.94. The van der Waals surface area contributed by atoms with Crippen molar-refractivity contribution in [1.29, 1.82) is 0 Å². The molecule has 1 aromatic heterocycles. The van der Waals surface area contributed by atoms with Crippen LogP contribution in [0.4, 0.5) is 0 Å². The molecule has 0 unspecified atom stereocenters. The van der Waals surface area contributed by atoms with E-state index in [4.69, 9.17) is 5.11 Å². The van der Waals surface area contributed by atoms with E-state index < -0.39 is 0 Å². The van der Waals surface area contributed by atoms with Gasteiger partial charge in [0.25, 0.3) is 0 Å². The second kappa shape index (κ2) is 6.09. The summed E-state index contributed by atoms with van der Waals surface area (Å²) in [6.45, 7) is -0.0974. The fourth-order valence-corrected chi connectivity index (χ4v) is 2.04. The number of rotatable bonds is 3. The molecule has 0 fully saturated rings. The lowest BCUT2D eigenvalue weighted by Crippen LogP contribution is -2.34. The van der Waals surface area contributed by atoms with Crippen LogP contribution >= 0.6 is 11.8 Å². The molecule has 0 amide bonds. The third-order valence-corrected chi connectivity index (χ3v) is 2.88. The second-order valence-electron chi connectivity index (χ2n) is 3.14. The highest BCUT2D eigenvalue weighted by Gasteiger charge is 2.15. The Morgan fingerprint density at radius 1 is 1.29 bits per heavy atom. The molecule has 1 heterocycles. The van der Waals surface area contributed by atoms with Gasteiger partial charge in [0, 0.05) is 0 Å². The van der Waals surface area contributed by atoms with E-state index in [1.165, 1.54) is 11.8 Å². The molecule has 0 aliphatic carbocycles. The predicted molar refractivity (Wildman–Crippen MR) is 65.7 cm³/mol. The van der Waals surface area contributed by atoms with Crippen LogP contribution in [0.5, 0.6) is 0 Å². The van der Waals surface area contributed by atoms with Crippen molar-refractivity contribution in [2.45, 2.75) is 5.16 Å². The molecule has 0 aliphatic rings. The first-order valence-electron chi connectivity index (χ1n) is 5.12. The van der Waals surface area contributed by atoms with E-state index in [1.807, 2.05) is 35.0 Å². The Morgan fingerprint density at radius 3 is 2.88 bits per heavy atom. The number of aliphatic hydroxyl groups excluding tert-OH is 1. The molecular formula is C12H12N3OS+. The van der Waals surface area contributed by atoms with Crippen LogP contribution in [0.25, 0.3) is 5.69 Å². The van der Waals surface area contributed by atoms with Gasteiger partial charge in [0.2, 0.25) is 6.33 Å². The molecule has 2 N–H and O–H groups in total. The molecule has 1 aromatic carbocycles. The maximum Gasteiger partial charge on any atom is 0.386 e. The van der Waals surface area contributed by atoms with Crippen LogP contribution in [0.3, 0.4) is 0 Å². The molecule has 5 heteroatoms. The van der Waals surface area contributed by atoms with Gasteiger partial charge in [-0.05, 0) is 28.9 Å². The number of benzene rings is 1. The van der Waals surface area contributed by atoms with E-state index in [9.17, 15) is 0 Å². The fraction of sp³-hybridized carbons (Fsp3) is 0.167. The van der Waals surface area contributed by atoms with E-state index in [2.05, 4.69) is 21.9 Å². The molecule has 0 spiro atoms. The van der Waals surface area contributed by atoms with Gasteiger partial charge in [-0.15, -0.1) is 4.68 Å². The van der Waals surface area contributed by atoms with Crippen LogP contribution < -0.4 is 4.68 Å². The average Bonchev–Trinajstić information content (AvgIpc) is 2.84.